The van der Waals surface area contributed by atoms with Gasteiger partial charge in [-0.1, -0.05) is 18.2 Å². The second-order valence-electron chi connectivity index (χ2n) is 2.45. The van der Waals surface area contributed by atoms with Crippen molar-refractivity contribution in [3.8, 4) is 0 Å². The minimum atomic E-state index is 1.07. The third-order valence-electron chi connectivity index (χ3n) is 1.55. The Morgan fingerprint density at radius 3 is 2.45 bits per heavy atom. The van der Waals surface area contributed by atoms with Crippen LogP contribution in [0.25, 0.3) is 0 Å². The molecule has 58 valence electrons. The molecule has 0 aliphatic heterocycles. The molecule has 0 radical (unpaired) electrons. The summed E-state index contributed by atoms with van der Waals surface area (Å²) in [5.41, 5.74) is 1.39. The molecule has 0 saturated carbocycles. The first-order valence-corrected chi connectivity index (χ1v) is 4.76. The second kappa shape index (κ2) is 4.54. The van der Waals surface area contributed by atoms with Gasteiger partial charge in [0.1, 0.15) is 0 Å². The van der Waals surface area contributed by atoms with Crippen LogP contribution in [0.2, 0.25) is 0 Å². The first-order valence-electron chi connectivity index (χ1n) is 3.68. The molecule has 1 aromatic rings. The fourth-order valence-electron chi connectivity index (χ4n) is 0.920. The Labute approximate surface area is 81.5 Å². The lowest BCUT2D eigenvalue weighted by atomic mass is 10.1. The average molecular weight is 258 g/mol. The van der Waals surface area contributed by atoms with Gasteiger partial charge in [0.15, 0.2) is 0 Å². The number of benzene rings is 1. The number of halogens is 1. The Balaban J connectivity index is 2.58. The molecule has 11 heavy (non-hydrogen) atoms. The van der Waals surface area contributed by atoms with Crippen molar-refractivity contribution < 1.29 is 0 Å². The molecule has 0 unspecified atom stereocenters. The van der Waals surface area contributed by atoms with Gasteiger partial charge < -0.3 is 0 Å². The van der Waals surface area contributed by atoms with Crippen LogP contribution in [-0.4, -0.2) is 0 Å². The van der Waals surface area contributed by atoms with Crippen LogP contribution in [0.1, 0.15) is 12.0 Å². The molecular formula is C10H11I. The van der Waals surface area contributed by atoms with Crippen molar-refractivity contribution in [2.24, 2.45) is 0 Å². The summed E-state index contributed by atoms with van der Waals surface area (Å²) in [5.74, 6) is 0. The maximum absolute atomic E-state index is 3.69. The van der Waals surface area contributed by atoms with Crippen LogP contribution < -0.4 is 0 Å². The highest BCUT2D eigenvalue weighted by Gasteiger charge is 1.89. The molecule has 0 aliphatic carbocycles. The van der Waals surface area contributed by atoms with E-state index in [1.807, 2.05) is 6.08 Å². The van der Waals surface area contributed by atoms with E-state index in [0.717, 1.165) is 12.8 Å². The summed E-state index contributed by atoms with van der Waals surface area (Å²) < 4.78 is 1.30. The number of rotatable bonds is 3. The molecule has 0 bridgehead atoms. The molecule has 1 heteroatoms. The molecule has 0 saturated heterocycles. The first kappa shape index (κ1) is 8.78. The fraction of sp³-hybridized carbons (Fsp3) is 0.200. The standard InChI is InChI=1S/C10H11I/c1-2-3-4-9-5-7-10(11)8-6-9/h2,5-8H,1,3-4H2. The molecule has 0 aliphatic rings. The summed E-state index contributed by atoms with van der Waals surface area (Å²) in [6.45, 7) is 3.69. The number of aryl methyl sites for hydroxylation is 1. The maximum Gasteiger partial charge on any atom is 0.0130 e. The van der Waals surface area contributed by atoms with Crippen molar-refractivity contribution in [1.29, 1.82) is 0 Å². The van der Waals surface area contributed by atoms with E-state index in [0.29, 0.717) is 0 Å². The lowest BCUT2D eigenvalue weighted by molar-refractivity contribution is 1.00. The van der Waals surface area contributed by atoms with Gasteiger partial charge in [-0.3, -0.25) is 0 Å². The number of hydrogen-bond acceptors (Lipinski definition) is 0. The molecule has 0 heterocycles. The summed E-state index contributed by atoms with van der Waals surface area (Å²) in [5, 5.41) is 0. The lowest BCUT2D eigenvalue weighted by Crippen LogP contribution is -1.82. The molecule has 1 aromatic carbocycles. The SMILES string of the molecule is C=CCCc1ccc(I)cc1. The summed E-state index contributed by atoms with van der Waals surface area (Å²) in [6.07, 6.45) is 4.14. The third kappa shape index (κ3) is 3.06. The van der Waals surface area contributed by atoms with Crippen molar-refractivity contribution in [2.75, 3.05) is 0 Å². The number of allylic oxidation sites excluding steroid dienone is 1. The van der Waals surface area contributed by atoms with Crippen molar-refractivity contribution in [1.82, 2.24) is 0 Å². The summed E-state index contributed by atoms with van der Waals surface area (Å²) in [4.78, 5) is 0. The van der Waals surface area contributed by atoms with E-state index in [1.165, 1.54) is 9.13 Å². The van der Waals surface area contributed by atoms with Gasteiger partial charge in [-0.25, -0.2) is 0 Å². The zero-order valence-electron chi connectivity index (χ0n) is 6.39. The van der Waals surface area contributed by atoms with E-state index in [2.05, 4.69) is 53.4 Å². The highest BCUT2D eigenvalue weighted by atomic mass is 127. The van der Waals surface area contributed by atoms with Gasteiger partial charge in [-0.15, -0.1) is 6.58 Å². The smallest absolute Gasteiger partial charge is 0.0130 e. The van der Waals surface area contributed by atoms with Gasteiger partial charge in [0.25, 0.3) is 0 Å². The van der Waals surface area contributed by atoms with Crippen molar-refractivity contribution in [2.45, 2.75) is 12.8 Å². The van der Waals surface area contributed by atoms with Gasteiger partial charge >= 0.3 is 0 Å². The van der Waals surface area contributed by atoms with Crippen LogP contribution in [0, 0.1) is 3.57 Å². The minimum Gasteiger partial charge on any atom is -0.103 e. The number of hydrogen-bond donors (Lipinski definition) is 0. The van der Waals surface area contributed by atoms with Crippen LogP contribution in [0.4, 0.5) is 0 Å². The zero-order chi connectivity index (χ0) is 8.10. The van der Waals surface area contributed by atoms with Crippen LogP contribution in [0.5, 0.6) is 0 Å². The molecule has 0 fully saturated rings. The van der Waals surface area contributed by atoms with Crippen LogP contribution in [0.3, 0.4) is 0 Å². The Morgan fingerprint density at radius 2 is 1.91 bits per heavy atom. The summed E-state index contributed by atoms with van der Waals surface area (Å²) in [6, 6.07) is 8.62. The molecule has 0 atom stereocenters. The molecule has 0 spiro atoms. The fourth-order valence-corrected chi connectivity index (χ4v) is 1.28. The van der Waals surface area contributed by atoms with Gasteiger partial charge in [0.05, 0.1) is 0 Å². The van der Waals surface area contributed by atoms with E-state index in [-0.39, 0.29) is 0 Å². The molecule has 1 rings (SSSR count). The first-order chi connectivity index (χ1) is 5.33. The Morgan fingerprint density at radius 1 is 1.27 bits per heavy atom. The molecule has 0 N–H and O–H groups in total. The highest BCUT2D eigenvalue weighted by molar-refractivity contribution is 14.1. The van der Waals surface area contributed by atoms with Crippen LogP contribution in [0.15, 0.2) is 36.9 Å². The zero-order valence-corrected chi connectivity index (χ0v) is 8.54. The van der Waals surface area contributed by atoms with E-state index < -0.39 is 0 Å². The predicted molar refractivity (Wildman–Crippen MR) is 57.7 cm³/mol. The highest BCUT2D eigenvalue weighted by Crippen LogP contribution is 2.08. The Bertz CT molecular complexity index is 223. The van der Waals surface area contributed by atoms with Crippen LogP contribution >= 0.6 is 22.6 Å². The Kier molecular flexibility index (Phi) is 3.63. The molecular weight excluding hydrogens is 247 g/mol. The summed E-state index contributed by atoms with van der Waals surface area (Å²) >= 11 is 2.31. The maximum atomic E-state index is 3.69. The second-order valence-corrected chi connectivity index (χ2v) is 3.70. The van der Waals surface area contributed by atoms with Crippen LogP contribution in [-0.2, 0) is 6.42 Å². The monoisotopic (exact) mass is 258 g/mol. The van der Waals surface area contributed by atoms with Gasteiger partial charge in [0.2, 0.25) is 0 Å². The van der Waals surface area contributed by atoms with Gasteiger partial charge in [-0.2, -0.15) is 0 Å². The minimum absolute atomic E-state index is 1.07. The van der Waals surface area contributed by atoms with Crippen molar-refractivity contribution in [3.63, 3.8) is 0 Å². The molecule has 0 amide bonds. The third-order valence-corrected chi connectivity index (χ3v) is 2.27. The van der Waals surface area contributed by atoms with E-state index in [1.54, 1.807) is 0 Å². The largest absolute Gasteiger partial charge is 0.103 e. The average Bonchev–Trinajstić information content (AvgIpc) is 2.04. The summed E-state index contributed by atoms with van der Waals surface area (Å²) in [7, 11) is 0. The molecule has 0 aromatic heterocycles. The van der Waals surface area contributed by atoms with E-state index in [4.69, 9.17) is 0 Å². The molecule has 0 nitrogen and oxygen atoms in total. The van der Waals surface area contributed by atoms with E-state index >= 15 is 0 Å². The topological polar surface area (TPSA) is 0 Å². The Hall–Kier alpha value is -0.310. The normalized spacial score (nSPS) is 9.55. The van der Waals surface area contributed by atoms with Gasteiger partial charge in [0, 0.05) is 3.57 Å². The van der Waals surface area contributed by atoms with Crippen molar-refractivity contribution >= 4 is 22.6 Å². The van der Waals surface area contributed by atoms with Crippen molar-refractivity contribution in [3.05, 3.63) is 46.1 Å². The quantitative estimate of drug-likeness (QED) is 0.575. The lowest BCUT2D eigenvalue weighted by Gasteiger charge is -1.97. The van der Waals surface area contributed by atoms with E-state index in [9.17, 15) is 0 Å². The van der Waals surface area contributed by atoms with Gasteiger partial charge in [-0.05, 0) is 53.1 Å². The predicted octanol–water partition coefficient (Wildman–Crippen LogP) is 3.41.